The van der Waals surface area contributed by atoms with Crippen LogP contribution in [0.15, 0.2) is 42.9 Å². The minimum atomic E-state index is 0.771. The Morgan fingerprint density at radius 1 is 1.22 bits per heavy atom. The van der Waals surface area contributed by atoms with Gasteiger partial charge in [-0.15, -0.1) is 0 Å². The Morgan fingerprint density at radius 2 is 2.00 bits per heavy atom. The van der Waals surface area contributed by atoms with Gasteiger partial charge in [0.2, 0.25) is 0 Å². The molecule has 0 radical (unpaired) electrons. The van der Waals surface area contributed by atoms with E-state index in [9.17, 15) is 0 Å². The van der Waals surface area contributed by atoms with Gasteiger partial charge in [0.1, 0.15) is 17.1 Å². The van der Waals surface area contributed by atoms with Crippen LogP contribution in [0.5, 0.6) is 5.75 Å². The fourth-order valence-electron chi connectivity index (χ4n) is 2.60. The first-order chi connectivity index (χ1) is 11.2. The predicted molar refractivity (Wildman–Crippen MR) is 91.2 cm³/mol. The SMILES string of the molecule is CN(c1ccc(OCC2CC2)cc1)c1cc2c(cn1)ncn2C. The molecule has 0 amide bonds. The molecule has 0 N–H and O–H groups in total. The Labute approximate surface area is 135 Å². The average molecular weight is 308 g/mol. The zero-order chi connectivity index (χ0) is 15.8. The lowest BCUT2D eigenvalue weighted by Gasteiger charge is -2.19. The predicted octanol–water partition coefficient (Wildman–Crippen LogP) is 3.53. The maximum absolute atomic E-state index is 5.79. The molecule has 5 nitrogen and oxygen atoms in total. The molecule has 2 aromatic heterocycles. The molecule has 118 valence electrons. The van der Waals surface area contributed by atoms with Crippen molar-refractivity contribution >= 4 is 22.5 Å². The zero-order valence-corrected chi connectivity index (χ0v) is 13.4. The van der Waals surface area contributed by atoms with Crippen molar-refractivity contribution in [3.63, 3.8) is 0 Å². The standard InChI is InChI=1S/C18H20N4O/c1-21-12-20-16-10-19-18(9-17(16)21)22(2)14-5-7-15(8-6-14)23-11-13-3-4-13/h5-10,12-13H,3-4,11H2,1-2H3. The fourth-order valence-corrected chi connectivity index (χ4v) is 2.60. The molecule has 4 rings (SSSR count). The van der Waals surface area contributed by atoms with Crippen LogP contribution in [0.4, 0.5) is 11.5 Å². The van der Waals surface area contributed by atoms with Crippen molar-refractivity contribution in [2.45, 2.75) is 12.8 Å². The number of pyridine rings is 1. The molecule has 0 unspecified atom stereocenters. The minimum Gasteiger partial charge on any atom is -0.493 e. The molecule has 0 spiro atoms. The number of anilines is 2. The van der Waals surface area contributed by atoms with Crippen LogP contribution >= 0.6 is 0 Å². The maximum atomic E-state index is 5.79. The molecule has 1 fully saturated rings. The second-order valence-electron chi connectivity index (χ2n) is 6.19. The van der Waals surface area contributed by atoms with Crippen LogP contribution in [0.25, 0.3) is 11.0 Å². The van der Waals surface area contributed by atoms with Crippen molar-refractivity contribution in [3.05, 3.63) is 42.9 Å². The molecule has 23 heavy (non-hydrogen) atoms. The van der Waals surface area contributed by atoms with E-state index < -0.39 is 0 Å². The van der Waals surface area contributed by atoms with Gasteiger partial charge in [-0.05, 0) is 43.0 Å². The van der Waals surface area contributed by atoms with E-state index in [0.29, 0.717) is 0 Å². The third-order valence-electron chi connectivity index (χ3n) is 4.35. The highest BCUT2D eigenvalue weighted by atomic mass is 16.5. The summed E-state index contributed by atoms with van der Waals surface area (Å²) in [7, 11) is 4.01. The molecule has 0 saturated heterocycles. The van der Waals surface area contributed by atoms with Gasteiger partial charge in [0.15, 0.2) is 0 Å². The van der Waals surface area contributed by atoms with Crippen LogP contribution in [-0.2, 0) is 7.05 Å². The number of benzene rings is 1. The van der Waals surface area contributed by atoms with Gasteiger partial charge in [-0.1, -0.05) is 0 Å². The maximum Gasteiger partial charge on any atom is 0.134 e. The van der Waals surface area contributed by atoms with Gasteiger partial charge in [-0.3, -0.25) is 0 Å². The first-order valence-corrected chi connectivity index (χ1v) is 7.94. The monoisotopic (exact) mass is 308 g/mol. The van der Waals surface area contributed by atoms with E-state index in [1.807, 2.05) is 43.3 Å². The van der Waals surface area contributed by atoms with Gasteiger partial charge in [0.25, 0.3) is 0 Å². The summed E-state index contributed by atoms with van der Waals surface area (Å²) in [5, 5.41) is 0. The second kappa shape index (κ2) is 5.57. The van der Waals surface area contributed by atoms with E-state index in [0.717, 1.165) is 40.8 Å². The normalized spacial score (nSPS) is 14.2. The van der Waals surface area contributed by atoms with Gasteiger partial charge in [0, 0.05) is 25.8 Å². The summed E-state index contributed by atoms with van der Waals surface area (Å²) in [6, 6.07) is 10.2. The summed E-state index contributed by atoms with van der Waals surface area (Å²) in [5.41, 5.74) is 3.07. The van der Waals surface area contributed by atoms with Gasteiger partial charge in [-0.25, -0.2) is 9.97 Å². The third-order valence-corrected chi connectivity index (χ3v) is 4.35. The van der Waals surface area contributed by atoms with Crippen LogP contribution in [0, 0.1) is 5.92 Å². The first kappa shape index (κ1) is 14.1. The molecule has 3 aromatic rings. The van der Waals surface area contributed by atoms with E-state index in [1.54, 1.807) is 0 Å². The number of rotatable bonds is 5. The Morgan fingerprint density at radius 3 is 2.74 bits per heavy atom. The number of fused-ring (bicyclic) bond motifs is 1. The molecule has 1 aliphatic rings. The molecular formula is C18H20N4O. The Kier molecular flexibility index (Phi) is 3.41. The van der Waals surface area contributed by atoms with Crippen molar-refractivity contribution < 1.29 is 4.74 Å². The lowest BCUT2D eigenvalue weighted by atomic mass is 10.2. The number of hydrogen-bond donors (Lipinski definition) is 0. The molecule has 2 heterocycles. The molecule has 0 atom stereocenters. The van der Waals surface area contributed by atoms with Crippen molar-refractivity contribution in [3.8, 4) is 5.75 Å². The van der Waals surface area contributed by atoms with Crippen molar-refractivity contribution in [2.75, 3.05) is 18.6 Å². The third kappa shape index (κ3) is 2.86. The van der Waals surface area contributed by atoms with Gasteiger partial charge < -0.3 is 14.2 Å². The van der Waals surface area contributed by atoms with Crippen LogP contribution < -0.4 is 9.64 Å². The Hall–Kier alpha value is -2.56. The molecule has 1 saturated carbocycles. The number of aromatic nitrogens is 3. The molecule has 5 heteroatoms. The van der Waals surface area contributed by atoms with Gasteiger partial charge >= 0.3 is 0 Å². The van der Waals surface area contributed by atoms with Crippen LogP contribution in [0.1, 0.15) is 12.8 Å². The van der Waals surface area contributed by atoms with E-state index in [4.69, 9.17) is 4.74 Å². The lowest BCUT2D eigenvalue weighted by Crippen LogP contribution is -2.11. The molecule has 0 aliphatic heterocycles. The first-order valence-electron chi connectivity index (χ1n) is 7.94. The highest BCUT2D eigenvalue weighted by molar-refractivity contribution is 5.78. The number of imidazole rings is 1. The second-order valence-corrected chi connectivity index (χ2v) is 6.19. The number of nitrogens with zero attached hydrogens (tertiary/aromatic N) is 4. The van der Waals surface area contributed by atoms with Crippen LogP contribution in [0.3, 0.4) is 0 Å². The van der Waals surface area contributed by atoms with Gasteiger partial charge in [-0.2, -0.15) is 0 Å². The van der Waals surface area contributed by atoms with E-state index in [1.165, 1.54) is 12.8 Å². The van der Waals surface area contributed by atoms with Crippen molar-refractivity contribution in [1.29, 1.82) is 0 Å². The summed E-state index contributed by atoms with van der Waals surface area (Å²) in [4.78, 5) is 10.9. The summed E-state index contributed by atoms with van der Waals surface area (Å²) < 4.78 is 7.79. The summed E-state index contributed by atoms with van der Waals surface area (Å²) in [6.45, 7) is 0.841. The zero-order valence-electron chi connectivity index (χ0n) is 13.4. The lowest BCUT2D eigenvalue weighted by molar-refractivity contribution is 0.300. The van der Waals surface area contributed by atoms with Gasteiger partial charge in [0.05, 0.1) is 24.6 Å². The average Bonchev–Trinajstić information content (AvgIpc) is 3.35. The molecular weight excluding hydrogens is 288 g/mol. The molecule has 0 bridgehead atoms. The summed E-state index contributed by atoms with van der Waals surface area (Å²) in [5.74, 6) is 2.60. The number of ether oxygens (including phenoxy) is 1. The molecule has 1 aromatic carbocycles. The number of hydrogen-bond acceptors (Lipinski definition) is 4. The minimum absolute atomic E-state index is 0.771. The topological polar surface area (TPSA) is 43.2 Å². The quantitative estimate of drug-likeness (QED) is 0.723. The highest BCUT2D eigenvalue weighted by Crippen LogP contribution is 2.30. The Bertz CT molecular complexity index is 821. The van der Waals surface area contributed by atoms with E-state index >= 15 is 0 Å². The largest absolute Gasteiger partial charge is 0.493 e. The molecule has 1 aliphatic carbocycles. The highest BCUT2D eigenvalue weighted by Gasteiger charge is 2.21. The Balaban J connectivity index is 1.54. The van der Waals surface area contributed by atoms with Crippen molar-refractivity contribution in [2.24, 2.45) is 13.0 Å². The van der Waals surface area contributed by atoms with E-state index in [-0.39, 0.29) is 0 Å². The number of aryl methyl sites for hydroxylation is 1. The van der Waals surface area contributed by atoms with Crippen LogP contribution in [0.2, 0.25) is 0 Å². The summed E-state index contributed by atoms with van der Waals surface area (Å²) in [6.07, 6.45) is 6.24. The fraction of sp³-hybridized carbons (Fsp3) is 0.333. The van der Waals surface area contributed by atoms with Crippen LogP contribution in [-0.4, -0.2) is 28.2 Å². The summed E-state index contributed by atoms with van der Waals surface area (Å²) >= 11 is 0. The van der Waals surface area contributed by atoms with E-state index in [2.05, 4.69) is 33.1 Å². The smallest absolute Gasteiger partial charge is 0.134 e. The van der Waals surface area contributed by atoms with Crippen molar-refractivity contribution in [1.82, 2.24) is 14.5 Å².